The maximum absolute atomic E-state index is 7.93. The van der Waals surface area contributed by atoms with Crippen LogP contribution in [0.1, 0.15) is 5.56 Å². The van der Waals surface area contributed by atoms with Crippen molar-refractivity contribution in [2.24, 2.45) is 0 Å². The molecule has 0 aromatic heterocycles. The summed E-state index contributed by atoms with van der Waals surface area (Å²) in [7, 11) is 0. The molecular weight excluding hydrogens is 312 g/mol. The van der Waals surface area contributed by atoms with Gasteiger partial charge in [0.2, 0.25) is 0 Å². The lowest BCUT2D eigenvalue weighted by molar-refractivity contribution is 1.27. The lowest BCUT2D eigenvalue weighted by Crippen LogP contribution is -2.13. The van der Waals surface area contributed by atoms with Gasteiger partial charge in [0.1, 0.15) is 5.84 Å². The third kappa shape index (κ3) is 3.59. The molecule has 18 heavy (non-hydrogen) atoms. The van der Waals surface area contributed by atoms with E-state index in [0.29, 0.717) is 17.3 Å². The molecule has 2 nitrogen and oxygen atoms in total. The van der Waals surface area contributed by atoms with Gasteiger partial charge in [-0.05, 0) is 35.9 Å². The van der Waals surface area contributed by atoms with Crippen molar-refractivity contribution in [2.75, 3.05) is 5.32 Å². The highest BCUT2D eigenvalue weighted by Gasteiger charge is 2.03. The smallest absolute Gasteiger partial charge is 0.102 e. The van der Waals surface area contributed by atoms with Crippen LogP contribution in [0.25, 0.3) is 0 Å². The van der Waals surface area contributed by atoms with Gasteiger partial charge in [0.15, 0.2) is 0 Å². The van der Waals surface area contributed by atoms with Crippen LogP contribution in [0.4, 0.5) is 5.69 Å². The average molecular weight is 324 g/mol. The van der Waals surface area contributed by atoms with Crippen molar-refractivity contribution in [3.63, 3.8) is 0 Å². The molecule has 92 valence electrons. The minimum atomic E-state index is 0.422. The average Bonchev–Trinajstić information content (AvgIpc) is 2.35. The Morgan fingerprint density at radius 3 is 2.44 bits per heavy atom. The highest BCUT2D eigenvalue weighted by molar-refractivity contribution is 9.10. The molecule has 0 atom stereocenters. The van der Waals surface area contributed by atoms with Gasteiger partial charge in [0.05, 0.1) is 0 Å². The van der Waals surface area contributed by atoms with Crippen molar-refractivity contribution in [3.8, 4) is 0 Å². The van der Waals surface area contributed by atoms with Crippen molar-refractivity contribution >= 4 is 39.1 Å². The first kappa shape index (κ1) is 13.1. The van der Waals surface area contributed by atoms with Crippen LogP contribution in [0, 0.1) is 5.41 Å². The first-order valence-corrected chi connectivity index (χ1v) is 6.65. The van der Waals surface area contributed by atoms with E-state index in [1.807, 2.05) is 48.5 Å². The van der Waals surface area contributed by atoms with Crippen LogP contribution in [-0.4, -0.2) is 5.84 Å². The molecule has 0 heterocycles. The van der Waals surface area contributed by atoms with E-state index in [1.165, 1.54) is 0 Å². The predicted octanol–water partition coefficient (Wildman–Crippen LogP) is 4.73. The van der Waals surface area contributed by atoms with Crippen LogP contribution in [0.15, 0.2) is 53.0 Å². The summed E-state index contributed by atoms with van der Waals surface area (Å²) >= 11 is 9.44. The van der Waals surface area contributed by atoms with Gasteiger partial charge in [-0.25, -0.2) is 0 Å². The first-order valence-electron chi connectivity index (χ1n) is 5.48. The topological polar surface area (TPSA) is 35.9 Å². The van der Waals surface area contributed by atoms with Crippen molar-refractivity contribution in [1.29, 1.82) is 5.41 Å². The van der Waals surface area contributed by atoms with E-state index in [4.69, 9.17) is 17.0 Å². The highest BCUT2D eigenvalue weighted by Crippen LogP contribution is 2.17. The number of amidine groups is 1. The number of hydrogen-bond acceptors (Lipinski definition) is 1. The number of anilines is 1. The fraction of sp³-hybridized carbons (Fsp3) is 0.0714. The lowest BCUT2D eigenvalue weighted by atomic mass is 10.1. The van der Waals surface area contributed by atoms with Gasteiger partial charge >= 0.3 is 0 Å². The van der Waals surface area contributed by atoms with Gasteiger partial charge in [0, 0.05) is 21.6 Å². The van der Waals surface area contributed by atoms with Gasteiger partial charge in [-0.2, -0.15) is 0 Å². The fourth-order valence-electron chi connectivity index (χ4n) is 1.58. The Balaban J connectivity index is 2.01. The molecule has 0 fully saturated rings. The van der Waals surface area contributed by atoms with Crippen molar-refractivity contribution in [2.45, 2.75) is 6.42 Å². The molecule has 0 amide bonds. The van der Waals surface area contributed by atoms with Crippen LogP contribution in [0.5, 0.6) is 0 Å². The van der Waals surface area contributed by atoms with E-state index in [0.717, 1.165) is 15.7 Å². The number of halogens is 2. The summed E-state index contributed by atoms with van der Waals surface area (Å²) in [6.45, 7) is 0. The maximum Gasteiger partial charge on any atom is 0.102 e. The molecule has 2 aromatic rings. The summed E-state index contributed by atoms with van der Waals surface area (Å²) in [5.74, 6) is 0.422. The Labute approximate surface area is 120 Å². The minimum absolute atomic E-state index is 0.422. The molecule has 2 N–H and O–H groups in total. The van der Waals surface area contributed by atoms with Crippen LogP contribution in [0.3, 0.4) is 0 Å². The molecule has 2 rings (SSSR count). The summed E-state index contributed by atoms with van der Waals surface area (Å²) in [6.07, 6.45) is 0.496. The molecule has 0 bridgehead atoms. The van der Waals surface area contributed by atoms with E-state index in [1.54, 1.807) is 0 Å². The molecule has 0 aliphatic heterocycles. The Kier molecular flexibility index (Phi) is 4.39. The third-order valence-electron chi connectivity index (χ3n) is 2.46. The van der Waals surface area contributed by atoms with E-state index < -0.39 is 0 Å². The molecule has 2 aromatic carbocycles. The van der Waals surface area contributed by atoms with Crippen LogP contribution < -0.4 is 5.32 Å². The fourth-order valence-corrected chi connectivity index (χ4v) is 2.05. The first-order chi connectivity index (χ1) is 8.65. The Morgan fingerprint density at radius 1 is 1.11 bits per heavy atom. The quantitative estimate of drug-likeness (QED) is 0.621. The zero-order chi connectivity index (χ0) is 13.0. The van der Waals surface area contributed by atoms with E-state index in [-0.39, 0.29) is 0 Å². The molecule has 0 aliphatic rings. The van der Waals surface area contributed by atoms with Gasteiger partial charge in [-0.3, -0.25) is 5.41 Å². The normalized spacial score (nSPS) is 10.1. The maximum atomic E-state index is 7.93. The molecule has 0 spiro atoms. The second-order valence-electron chi connectivity index (χ2n) is 3.88. The number of hydrogen-bond donors (Lipinski definition) is 2. The molecule has 0 saturated heterocycles. The Hall–Kier alpha value is -1.32. The highest BCUT2D eigenvalue weighted by atomic mass is 79.9. The predicted molar refractivity (Wildman–Crippen MR) is 80.6 cm³/mol. The number of benzene rings is 2. The standard InChI is InChI=1S/C14H12BrClN2/c15-11-5-7-12(8-6-11)18-14(17)9-10-3-1-2-4-13(10)16/h1-8H,9H2,(H2,17,18). The Morgan fingerprint density at radius 2 is 1.78 bits per heavy atom. The Bertz CT molecular complexity index is 552. The third-order valence-corrected chi connectivity index (χ3v) is 3.36. The summed E-state index contributed by atoms with van der Waals surface area (Å²) in [6, 6.07) is 15.3. The molecule has 0 saturated carbocycles. The number of rotatable bonds is 3. The lowest BCUT2D eigenvalue weighted by Gasteiger charge is -2.09. The minimum Gasteiger partial charge on any atom is -0.344 e. The second-order valence-corrected chi connectivity index (χ2v) is 5.20. The second kappa shape index (κ2) is 6.03. The van der Waals surface area contributed by atoms with Crippen molar-refractivity contribution < 1.29 is 0 Å². The summed E-state index contributed by atoms with van der Waals surface area (Å²) in [5, 5.41) is 11.7. The zero-order valence-electron chi connectivity index (χ0n) is 9.58. The van der Waals surface area contributed by atoms with E-state index >= 15 is 0 Å². The van der Waals surface area contributed by atoms with Crippen molar-refractivity contribution in [1.82, 2.24) is 0 Å². The summed E-state index contributed by atoms with van der Waals surface area (Å²) in [4.78, 5) is 0. The van der Waals surface area contributed by atoms with Crippen LogP contribution >= 0.6 is 27.5 Å². The molecule has 0 radical (unpaired) electrons. The van der Waals surface area contributed by atoms with Gasteiger partial charge in [0.25, 0.3) is 0 Å². The zero-order valence-corrected chi connectivity index (χ0v) is 11.9. The SMILES string of the molecule is N=C(Cc1ccccc1Cl)Nc1ccc(Br)cc1. The van der Waals surface area contributed by atoms with Gasteiger partial charge < -0.3 is 5.32 Å². The van der Waals surface area contributed by atoms with Crippen LogP contribution in [0.2, 0.25) is 5.02 Å². The molecule has 4 heteroatoms. The van der Waals surface area contributed by atoms with E-state index in [2.05, 4.69) is 21.2 Å². The van der Waals surface area contributed by atoms with E-state index in [9.17, 15) is 0 Å². The van der Waals surface area contributed by atoms with Gasteiger partial charge in [-0.15, -0.1) is 0 Å². The van der Waals surface area contributed by atoms with Gasteiger partial charge in [-0.1, -0.05) is 45.7 Å². The number of nitrogens with one attached hydrogen (secondary N) is 2. The monoisotopic (exact) mass is 322 g/mol. The molecular formula is C14H12BrClN2. The molecule has 0 unspecified atom stereocenters. The van der Waals surface area contributed by atoms with Crippen molar-refractivity contribution in [3.05, 3.63) is 63.6 Å². The summed E-state index contributed by atoms with van der Waals surface area (Å²) in [5.41, 5.74) is 1.85. The summed E-state index contributed by atoms with van der Waals surface area (Å²) < 4.78 is 1.02. The molecule has 0 aliphatic carbocycles. The van der Waals surface area contributed by atoms with Crippen LogP contribution in [-0.2, 0) is 6.42 Å². The largest absolute Gasteiger partial charge is 0.344 e.